The van der Waals surface area contributed by atoms with E-state index in [1.165, 1.54) is 6.07 Å². The van der Waals surface area contributed by atoms with Crippen LogP contribution in [0.5, 0.6) is 5.75 Å². The van der Waals surface area contributed by atoms with Gasteiger partial charge in [0.25, 0.3) is 5.91 Å². The molecule has 0 bridgehead atoms. The molecule has 3 heterocycles. The summed E-state index contributed by atoms with van der Waals surface area (Å²) in [6.45, 7) is 8.32. The number of aryl methyl sites for hydroxylation is 1. The zero-order valence-corrected chi connectivity index (χ0v) is 21.1. The van der Waals surface area contributed by atoms with Gasteiger partial charge in [0.05, 0.1) is 23.9 Å². The molecule has 2 unspecified atom stereocenters. The predicted molar refractivity (Wildman–Crippen MR) is 131 cm³/mol. The second-order valence-electron chi connectivity index (χ2n) is 9.79. The number of furan rings is 1. The van der Waals surface area contributed by atoms with Crippen LogP contribution in [-0.4, -0.2) is 53.5 Å². The van der Waals surface area contributed by atoms with Gasteiger partial charge in [-0.25, -0.2) is 4.99 Å². The number of nitrogens with zero attached hydrogens (tertiary/aromatic N) is 3. The summed E-state index contributed by atoms with van der Waals surface area (Å²) in [5.74, 6) is 0.996. The van der Waals surface area contributed by atoms with Gasteiger partial charge in [0.1, 0.15) is 17.6 Å². The van der Waals surface area contributed by atoms with Gasteiger partial charge < -0.3 is 29.4 Å². The molecule has 2 aromatic heterocycles. The smallest absolute Gasteiger partial charge is 0.258 e. The molecule has 0 spiro atoms. The van der Waals surface area contributed by atoms with Gasteiger partial charge in [-0.15, -0.1) is 4.37 Å². The van der Waals surface area contributed by atoms with E-state index < -0.39 is 17.2 Å². The third-order valence-corrected chi connectivity index (χ3v) is 6.78. The summed E-state index contributed by atoms with van der Waals surface area (Å²) in [5, 5.41) is 23.5. The SMILES string of the molecule is Cc1ccc(C(N=c2[nH][s+]([O-])nc2Nc2cccc(C(=O)N3CCC[C@H]3CO)c2O)C(C)(C)C)o1. The molecule has 188 valence electrons. The molecule has 3 aromatic rings. The third kappa shape index (κ3) is 5.26. The number of likely N-dealkylation sites (tertiary alicyclic amines) is 1. The van der Waals surface area contributed by atoms with Gasteiger partial charge in [-0.1, -0.05) is 26.8 Å². The Kier molecular flexibility index (Phi) is 7.02. The molecule has 1 aliphatic rings. The molecule has 4 rings (SSSR count). The fourth-order valence-corrected chi connectivity index (χ4v) is 4.91. The molecule has 11 heteroatoms. The molecule has 1 aromatic carbocycles. The van der Waals surface area contributed by atoms with E-state index in [0.29, 0.717) is 12.3 Å². The van der Waals surface area contributed by atoms with E-state index in [0.717, 1.165) is 18.6 Å². The molecule has 0 aliphatic carbocycles. The number of rotatable bonds is 6. The number of benzene rings is 1. The summed E-state index contributed by atoms with van der Waals surface area (Å²) >= 11 is -1.75. The molecular weight excluding hydrogens is 470 g/mol. The average molecular weight is 502 g/mol. The summed E-state index contributed by atoms with van der Waals surface area (Å²) in [7, 11) is 0. The number of aromatic hydroxyl groups is 1. The van der Waals surface area contributed by atoms with Crippen molar-refractivity contribution in [1.29, 1.82) is 0 Å². The first kappa shape index (κ1) is 25.0. The number of aliphatic hydroxyl groups excluding tert-OH is 1. The summed E-state index contributed by atoms with van der Waals surface area (Å²) in [4.78, 5) is 19.4. The lowest BCUT2D eigenvalue weighted by atomic mass is 9.86. The van der Waals surface area contributed by atoms with Crippen LogP contribution in [0.3, 0.4) is 0 Å². The fraction of sp³-hybridized carbons (Fsp3) is 0.458. The number of hydrogen-bond donors (Lipinski definition) is 4. The first-order valence-corrected chi connectivity index (χ1v) is 12.6. The summed E-state index contributed by atoms with van der Waals surface area (Å²) < 4.78 is 24.9. The minimum Gasteiger partial charge on any atom is -0.548 e. The number of amides is 1. The highest BCUT2D eigenvalue weighted by Gasteiger charge is 2.31. The number of aliphatic hydroxyl groups is 1. The van der Waals surface area contributed by atoms with Crippen LogP contribution in [0, 0.1) is 12.3 Å². The number of anilines is 2. The number of carbonyl (C=O) groups is 1. The van der Waals surface area contributed by atoms with E-state index >= 15 is 0 Å². The van der Waals surface area contributed by atoms with Crippen molar-refractivity contribution in [2.75, 3.05) is 18.5 Å². The van der Waals surface area contributed by atoms with E-state index in [9.17, 15) is 19.6 Å². The number of H-pyrrole nitrogens is 1. The van der Waals surface area contributed by atoms with Crippen molar-refractivity contribution in [2.24, 2.45) is 10.4 Å². The van der Waals surface area contributed by atoms with Gasteiger partial charge in [0.2, 0.25) is 11.3 Å². The van der Waals surface area contributed by atoms with Crippen LogP contribution in [0.1, 0.15) is 61.5 Å². The zero-order valence-electron chi connectivity index (χ0n) is 20.2. The van der Waals surface area contributed by atoms with Crippen molar-refractivity contribution in [2.45, 2.75) is 52.6 Å². The van der Waals surface area contributed by atoms with Gasteiger partial charge in [0.15, 0.2) is 16.9 Å². The number of phenols is 1. The average Bonchev–Trinajstić information content (AvgIpc) is 3.52. The lowest BCUT2D eigenvalue weighted by Crippen LogP contribution is -2.37. The normalized spacial score (nSPS) is 18.2. The van der Waals surface area contributed by atoms with Crippen LogP contribution in [0.4, 0.5) is 11.5 Å². The topological polar surface area (TPSA) is 150 Å². The second-order valence-corrected chi connectivity index (χ2v) is 10.7. The lowest BCUT2D eigenvalue weighted by Gasteiger charge is -2.25. The number of phenolic OH excluding ortho intramolecular Hbond substituents is 1. The predicted octanol–water partition coefficient (Wildman–Crippen LogP) is 3.77. The molecule has 0 radical (unpaired) electrons. The van der Waals surface area contributed by atoms with E-state index in [1.54, 1.807) is 17.0 Å². The van der Waals surface area contributed by atoms with Gasteiger partial charge in [0, 0.05) is 10.9 Å². The largest absolute Gasteiger partial charge is 0.548 e. The highest BCUT2D eigenvalue weighted by molar-refractivity contribution is 7.13. The van der Waals surface area contributed by atoms with Crippen LogP contribution < -0.4 is 10.8 Å². The van der Waals surface area contributed by atoms with Crippen LogP contribution >= 0.6 is 11.1 Å². The van der Waals surface area contributed by atoms with E-state index in [4.69, 9.17) is 9.41 Å². The van der Waals surface area contributed by atoms with Crippen molar-refractivity contribution in [3.63, 3.8) is 0 Å². The standard InChI is InChI=1S/C24H31N5O5S/c1-14-10-11-18(34-14)20(24(2,3)4)26-22-21(27-35(33)28-22)25-17-9-5-8-16(19(17)31)23(32)29-12-6-7-15(29)13-30/h5,8-11,15,20,30-31H,6-7,12-13H2,1-4H3,(H,25,27)(H,26,28)/t15-,20?,35?/m0/s1. The fourth-order valence-electron chi connectivity index (χ4n) is 4.26. The van der Waals surface area contributed by atoms with Gasteiger partial charge in [-0.2, -0.15) is 0 Å². The minimum absolute atomic E-state index is 0.111. The highest BCUT2D eigenvalue weighted by atomic mass is 32.2. The van der Waals surface area contributed by atoms with Crippen molar-refractivity contribution in [3.8, 4) is 5.75 Å². The summed E-state index contributed by atoms with van der Waals surface area (Å²) in [6, 6.07) is 7.84. The quantitative estimate of drug-likeness (QED) is 0.296. The van der Waals surface area contributed by atoms with Crippen molar-refractivity contribution in [3.05, 3.63) is 52.9 Å². The molecule has 10 nitrogen and oxygen atoms in total. The Morgan fingerprint density at radius 1 is 1.40 bits per heavy atom. The Morgan fingerprint density at radius 2 is 2.17 bits per heavy atom. The Balaban J connectivity index is 1.69. The van der Waals surface area contributed by atoms with Crippen molar-refractivity contribution < 1.29 is 24.0 Å². The third-order valence-electron chi connectivity index (χ3n) is 6.06. The lowest BCUT2D eigenvalue weighted by molar-refractivity contribution is 0.0674. The Hall–Kier alpha value is -3.15. The van der Waals surface area contributed by atoms with E-state index in [2.05, 4.69) is 14.1 Å². The summed E-state index contributed by atoms with van der Waals surface area (Å²) in [6.07, 6.45) is 1.52. The maximum atomic E-state index is 13.1. The molecule has 1 aliphatic heterocycles. The van der Waals surface area contributed by atoms with Gasteiger partial charge in [-0.3, -0.25) is 4.79 Å². The highest BCUT2D eigenvalue weighted by Crippen LogP contribution is 2.37. The first-order valence-electron chi connectivity index (χ1n) is 11.5. The van der Waals surface area contributed by atoms with Crippen LogP contribution in [0.2, 0.25) is 0 Å². The molecule has 1 saturated heterocycles. The number of hydrogen-bond acceptors (Lipinski definition) is 8. The molecule has 1 fully saturated rings. The van der Waals surface area contributed by atoms with Crippen molar-refractivity contribution >= 4 is 28.6 Å². The van der Waals surface area contributed by atoms with E-state index in [-0.39, 0.29) is 52.3 Å². The number of nitrogens with one attached hydrogen (secondary N) is 2. The van der Waals surface area contributed by atoms with E-state index in [1.807, 2.05) is 39.8 Å². The van der Waals surface area contributed by atoms with Gasteiger partial charge in [-0.05, 0) is 49.4 Å². The first-order chi connectivity index (χ1) is 16.6. The monoisotopic (exact) mass is 501 g/mol. The Morgan fingerprint density at radius 3 is 2.83 bits per heavy atom. The summed E-state index contributed by atoms with van der Waals surface area (Å²) in [5.41, 5.74) is 0.277. The number of aromatic nitrogens is 2. The molecule has 4 N–H and O–H groups in total. The van der Waals surface area contributed by atoms with Crippen LogP contribution in [-0.2, 0) is 0 Å². The molecule has 3 atom stereocenters. The molecule has 1 amide bonds. The number of aromatic amines is 1. The zero-order chi connectivity index (χ0) is 25.3. The Labute approximate surface area is 206 Å². The van der Waals surface area contributed by atoms with Crippen LogP contribution in [0.15, 0.2) is 39.7 Å². The maximum absolute atomic E-state index is 13.1. The number of para-hydroxylation sites is 1. The minimum atomic E-state index is -1.75. The molecule has 0 saturated carbocycles. The maximum Gasteiger partial charge on any atom is 0.258 e. The van der Waals surface area contributed by atoms with Gasteiger partial charge >= 0.3 is 0 Å². The van der Waals surface area contributed by atoms with Crippen molar-refractivity contribution in [1.82, 2.24) is 13.6 Å². The molecule has 35 heavy (non-hydrogen) atoms. The number of carbonyl (C=O) groups excluding carboxylic acids is 1. The second kappa shape index (κ2) is 9.84. The van der Waals surface area contributed by atoms with Crippen LogP contribution in [0.25, 0.3) is 0 Å². The Bertz CT molecular complexity index is 1270. The molecular formula is C24H31N5O5S.